The average molecular weight is 419 g/mol. The van der Waals surface area contributed by atoms with Crippen molar-refractivity contribution in [3.63, 3.8) is 0 Å². The summed E-state index contributed by atoms with van der Waals surface area (Å²) in [4.78, 5) is 29.5. The third kappa shape index (κ3) is 4.18. The number of anilines is 2. The van der Waals surface area contributed by atoms with Gasteiger partial charge >= 0.3 is 0 Å². The number of benzene rings is 2. The number of hydrogen-bond acceptors (Lipinski definition) is 4. The fraction of sp³-hybridized carbons (Fsp3) is 0.0870. The van der Waals surface area contributed by atoms with Crippen LogP contribution in [0.1, 0.15) is 21.5 Å². The molecule has 1 amide bonds. The molecule has 2 aromatic carbocycles. The quantitative estimate of drug-likeness (QED) is 0.499. The number of aryl methyl sites for hydroxylation is 1. The number of pyridine rings is 1. The van der Waals surface area contributed by atoms with E-state index < -0.39 is 11.5 Å². The lowest BCUT2D eigenvalue weighted by molar-refractivity contribution is 0.102. The molecule has 0 unspecified atom stereocenters. The first-order valence-electron chi connectivity index (χ1n) is 9.38. The first kappa shape index (κ1) is 19.7. The smallest absolute Gasteiger partial charge is 0.270 e. The number of halogens is 1. The number of carbonyl (C=O) groups is 1. The lowest BCUT2D eigenvalue weighted by Gasteiger charge is -2.11. The second-order valence-corrected chi connectivity index (χ2v) is 7.30. The van der Waals surface area contributed by atoms with Crippen molar-refractivity contribution < 1.29 is 4.79 Å². The maximum atomic E-state index is 12.6. The van der Waals surface area contributed by atoms with E-state index >= 15 is 0 Å². The van der Waals surface area contributed by atoms with E-state index in [9.17, 15) is 9.59 Å². The summed E-state index contributed by atoms with van der Waals surface area (Å²) in [5.74, 6) is -0.538. The Labute approximate surface area is 178 Å². The number of fused-ring (bicyclic) bond motifs is 1. The van der Waals surface area contributed by atoms with E-state index in [2.05, 4.69) is 15.6 Å². The Morgan fingerprint density at radius 1 is 1.10 bits per heavy atom. The molecule has 0 spiro atoms. The minimum Gasteiger partial charge on any atom is -0.380 e. The molecule has 30 heavy (non-hydrogen) atoms. The second kappa shape index (κ2) is 8.39. The van der Waals surface area contributed by atoms with Crippen LogP contribution in [-0.2, 0) is 6.54 Å². The molecule has 0 radical (unpaired) electrons. The van der Waals surface area contributed by atoms with Crippen LogP contribution in [0.2, 0.25) is 5.02 Å². The summed E-state index contributed by atoms with van der Waals surface area (Å²) in [6, 6.07) is 18.7. The highest BCUT2D eigenvalue weighted by Gasteiger charge is 2.14. The Morgan fingerprint density at radius 2 is 1.90 bits per heavy atom. The van der Waals surface area contributed by atoms with Crippen molar-refractivity contribution in [3.05, 3.63) is 105 Å². The predicted octanol–water partition coefficient (Wildman–Crippen LogP) is 4.52. The number of nitrogens with zero attached hydrogens (tertiary/aromatic N) is 2. The molecule has 0 aliphatic heterocycles. The number of carbonyl (C=O) groups excluding carboxylic acids is 1. The normalized spacial score (nSPS) is 10.7. The molecule has 2 N–H and O–H groups in total. The largest absolute Gasteiger partial charge is 0.380 e. The lowest BCUT2D eigenvalue weighted by Crippen LogP contribution is -2.26. The van der Waals surface area contributed by atoms with Gasteiger partial charge in [-0.3, -0.25) is 14.0 Å². The molecule has 0 fully saturated rings. The van der Waals surface area contributed by atoms with Gasteiger partial charge in [-0.15, -0.1) is 0 Å². The molecule has 0 saturated heterocycles. The summed E-state index contributed by atoms with van der Waals surface area (Å²) in [7, 11) is 0. The van der Waals surface area contributed by atoms with Crippen LogP contribution < -0.4 is 16.2 Å². The monoisotopic (exact) mass is 418 g/mol. The van der Waals surface area contributed by atoms with Crippen LogP contribution in [0, 0.1) is 6.92 Å². The molecule has 0 bridgehead atoms. The molecule has 7 heteroatoms. The third-order valence-electron chi connectivity index (χ3n) is 4.66. The minimum atomic E-state index is -0.538. The van der Waals surface area contributed by atoms with Gasteiger partial charge in [0.1, 0.15) is 11.2 Å². The Hall–Kier alpha value is -3.64. The van der Waals surface area contributed by atoms with Gasteiger partial charge in [0.2, 0.25) is 0 Å². The van der Waals surface area contributed by atoms with Crippen LogP contribution in [0.15, 0.2) is 77.9 Å². The number of nitrogens with one attached hydrogen (secondary N) is 2. The van der Waals surface area contributed by atoms with Crippen LogP contribution in [0.3, 0.4) is 0 Å². The summed E-state index contributed by atoms with van der Waals surface area (Å²) in [6.07, 6.45) is 2.91. The number of rotatable bonds is 5. The molecule has 0 aliphatic carbocycles. The highest BCUT2D eigenvalue weighted by Crippen LogP contribution is 2.26. The fourth-order valence-electron chi connectivity index (χ4n) is 3.06. The van der Waals surface area contributed by atoms with Crippen molar-refractivity contribution >= 4 is 34.5 Å². The predicted molar refractivity (Wildman–Crippen MR) is 119 cm³/mol. The van der Waals surface area contributed by atoms with Crippen molar-refractivity contribution in [2.24, 2.45) is 0 Å². The molecule has 6 nitrogen and oxygen atoms in total. The maximum Gasteiger partial charge on any atom is 0.270 e. The zero-order chi connectivity index (χ0) is 21.1. The summed E-state index contributed by atoms with van der Waals surface area (Å²) < 4.78 is 1.35. The van der Waals surface area contributed by atoms with Crippen LogP contribution in [-0.4, -0.2) is 15.3 Å². The van der Waals surface area contributed by atoms with Gasteiger partial charge in [0.15, 0.2) is 0 Å². The van der Waals surface area contributed by atoms with Crippen LogP contribution in [0.5, 0.6) is 0 Å². The molecule has 2 heterocycles. The number of hydrogen-bond donors (Lipinski definition) is 2. The average Bonchev–Trinajstić information content (AvgIpc) is 2.74. The summed E-state index contributed by atoms with van der Waals surface area (Å²) in [6.45, 7) is 2.54. The van der Waals surface area contributed by atoms with Crippen molar-refractivity contribution in [2.75, 3.05) is 10.6 Å². The van der Waals surface area contributed by atoms with Gasteiger partial charge in [-0.2, -0.15) is 0 Å². The van der Waals surface area contributed by atoms with E-state index in [0.29, 0.717) is 22.9 Å². The van der Waals surface area contributed by atoms with E-state index in [1.165, 1.54) is 10.6 Å². The van der Waals surface area contributed by atoms with Crippen LogP contribution in [0.4, 0.5) is 11.4 Å². The molecule has 0 aliphatic rings. The van der Waals surface area contributed by atoms with Crippen LogP contribution >= 0.6 is 11.6 Å². The summed E-state index contributed by atoms with van der Waals surface area (Å²) in [5.41, 5.74) is 3.38. The summed E-state index contributed by atoms with van der Waals surface area (Å²) in [5, 5.41) is 6.45. The SMILES string of the molecule is Cc1ccn2c(=O)c(C(=O)Nc3ccc(NCc4ccccc4)c(Cl)c3)cnc2c1. The molecule has 2 aromatic heterocycles. The Morgan fingerprint density at radius 3 is 2.67 bits per heavy atom. The fourth-order valence-corrected chi connectivity index (χ4v) is 3.31. The van der Waals surface area contributed by atoms with E-state index in [0.717, 1.165) is 16.8 Å². The van der Waals surface area contributed by atoms with Gasteiger partial charge in [0.05, 0.1) is 10.7 Å². The maximum absolute atomic E-state index is 12.6. The molecular formula is C23H19ClN4O2. The Balaban J connectivity index is 1.50. The van der Waals surface area contributed by atoms with Gasteiger partial charge < -0.3 is 10.6 Å². The summed E-state index contributed by atoms with van der Waals surface area (Å²) >= 11 is 6.36. The van der Waals surface area contributed by atoms with E-state index in [1.807, 2.05) is 37.3 Å². The van der Waals surface area contributed by atoms with Crippen molar-refractivity contribution in [1.29, 1.82) is 0 Å². The van der Waals surface area contributed by atoms with E-state index in [4.69, 9.17) is 11.6 Å². The zero-order valence-corrected chi connectivity index (χ0v) is 17.0. The van der Waals surface area contributed by atoms with Gasteiger partial charge in [-0.1, -0.05) is 41.9 Å². The third-order valence-corrected chi connectivity index (χ3v) is 4.98. The first-order chi connectivity index (χ1) is 14.5. The van der Waals surface area contributed by atoms with E-state index in [1.54, 1.807) is 36.5 Å². The molecule has 0 saturated carbocycles. The van der Waals surface area contributed by atoms with Crippen molar-refractivity contribution in [3.8, 4) is 0 Å². The molecule has 4 rings (SSSR count). The van der Waals surface area contributed by atoms with E-state index in [-0.39, 0.29) is 5.56 Å². The standard InChI is InChI=1S/C23H19ClN4O2/c1-15-9-10-28-21(11-15)26-14-18(23(28)30)22(29)27-17-7-8-20(19(24)12-17)25-13-16-5-3-2-4-6-16/h2-12,14,25H,13H2,1H3,(H,27,29). The molecule has 0 atom stereocenters. The first-order valence-corrected chi connectivity index (χ1v) is 9.76. The Kier molecular flexibility index (Phi) is 5.50. The second-order valence-electron chi connectivity index (χ2n) is 6.90. The number of amides is 1. The van der Waals surface area contributed by atoms with Gasteiger partial charge in [0, 0.05) is 24.6 Å². The highest BCUT2D eigenvalue weighted by atomic mass is 35.5. The molecular weight excluding hydrogens is 400 g/mol. The minimum absolute atomic E-state index is 0.0428. The highest BCUT2D eigenvalue weighted by molar-refractivity contribution is 6.33. The van der Waals surface area contributed by atoms with Gasteiger partial charge in [0.25, 0.3) is 11.5 Å². The van der Waals surface area contributed by atoms with Gasteiger partial charge in [-0.05, 0) is 48.4 Å². The number of aromatic nitrogens is 2. The Bertz CT molecular complexity index is 1290. The van der Waals surface area contributed by atoms with Crippen LogP contribution in [0.25, 0.3) is 5.65 Å². The van der Waals surface area contributed by atoms with Crippen molar-refractivity contribution in [2.45, 2.75) is 13.5 Å². The van der Waals surface area contributed by atoms with Crippen molar-refractivity contribution in [1.82, 2.24) is 9.38 Å². The zero-order valence-electron chi connectivity index (χ0n) is 16.2. The topological polar surface area (TPSA) is 75.5 Å². The molecule has 4 aromatic rings. The lowest BCUT2D eigenvalue weighted by atomic mass is 10.2. The molecule has 150 valence electrons. The van der Waals surface area contributed by atoms with Gasteiger partial charge in [-0.25, -0.2) is 4.98 Å².